The van der Waals surface area contributed by atoms with Crippen molar-refractivity contribution in [3.05, 3.63) is 58.8 Å². The molecule has 0 unspecified atom stereocenters. The normalized spacial score (nSPS) is 10.7. The summed E-state index contributed by atoms with van der Waals surface area (Å²) >= 11 is 0. The lowest BCUT2D eigenvalue weighted by atomic mass is 10.2. The Morgan fingerprint density at radius 1 is 1.04 bits per heavy atom. The number of rotatable bonds is 4. The SMILES string of the molecule is COC(=O)c1ccoc1COC(=O)c1ccc2nc(C)c(C)nc2c1. The summed E-state index contributed by atoms with van der Waals surface area (Å²) < 4.78 is 15.0. The number of aromatic nitrogens is 2. The molecule has 1 aromatic carbocycles. The summed E-state index contributed by atoms with van der Waals surface area (Å²) in [5.74, 6) is -0.868. The van der Waals surface area contributed by atoms with E-state index in [1.165, 1.54) is 19.4 Å². The zero-order chi connectivity index (χ0) is 18.0. The maximum atomic E-state index is 12.3. The van der Waals surface area contributed by atoms with Gasteiger partial charge in [-0.15, -0.1) is 0 Å². The highest BCUT2D eigenvalue weighted by atomic mass is 16.5. The monoisotopic (exact) mass is 340 g/mol. The molecule has 128 valence electrons. The van der Waals surface area contributed by atoms with Crippen molar-refractivity contribution >= 4 is 23.0 Å². The number of furan rings is 1. The van der Waals surface area contributed by atoms with E-state index in [4.69, 9.17) is 9.15 Å². The molecule has 0 amide bonds. The summed E-state index contributed by atoms with van der Waals surface area (Å²) in [5.41, 5.74) is 3.54. The zero-order valence-electron chi connectivity index (χ0n) is 14.0. The number of ether oxygens (including phenoxy) is 2. The summed E-state index contributed by atoms with van der Waals surface area (Å²) in [6.45, 7) is 3.57. The second-order valence-electron chi connectivity index (χ2n) is 5.42. The Kier molecular flexibility index (Phi) is 4.47. The third-order valence-corrected chi connectivity index (χ3v) is 3.80. The Morgan fingerprint density at radius 2 is 1.76 bits per heavy atom. The van der Waals surface area contributed by atoms with E-state index in [2.05, 4.69) is 14.7 Å². The van der Waals surface area contributed by atoms with Crippen molar-refractivity contribution in [2.24, 2.45) is 0 Å². The average molecular weight is 340 g/mol. The molecule has 7 heteroatoms. The average Bonchev–Trinajstić information content (AvgIpc) is 3.08. The molecule has 3 aromatic rings. The van der Waals surface area contributed by atoms with E-state index in [0.717, 1.165) is 11.4 Å². The molecule has 3 rings (SSSR count). The van der Waals surface area contributed by atoms with Crippen molar-refractivity contribution in [2.45, 2.75) is 20.5 Å². The molecule has 0 spiro atoms. The van der Waals surface area contributed by atoms with Crippen LogP contribution >= 0.6 is 0 Å². The Bertz CT molecular complexity index is 961. The first kappa shape index (κ1) is 16.6. The quantitative estimate of drug-likeness (QED) is 0.674. The maximum Gasteiger partial charge on any atom is 0.341 e. The standard InChI is InChI=1S/C18H16N2O5/c1-10-11(2)20-15-8-12(4-5-14(15)19-10)17(21)25-9-16-13(6-7-24-16)18(22)23-3/h4-8H,9H2,1-3H3. The minimum atomic E-state index is -0.549. The number of hydrogen-bond donors (Lipinski definition) is 0. The van der Waals surface area contributed by atoms with Gasteiger partial charge in [0.2, 0.25) is 0 Å². The van der Waals surface area contributed by atoms with Gasteiger partial charge in [-0.1, -0.05) is 0 Å². The third-order valence-electron chi connectivity index (χ3n) is 3.80. The molecule has 0 fully saturated rings. The zero-order valence-corrected chi connectivity index (χ0v) is 14.0. The van der Waals surface area contributed by atoms with Gasteiger partial charge in [-0.3, -0.25) is 0 Å². The lowest BCUT2D eigenvalue weighted by molar-refractivity contribution is 0.0432. The number of esters is 2. The highest BCUT2D eigenvalue weighted by molar-refractivity contribution is 5.94. The Hall–Kier alpha value is -3.22. The van der Waals surface area contributed by atoms with Gasteiger partial charge in [-0.2, -0.15) is 0 Å². The second kappa shape index (κ2) is 6.72. The Morgan fingerprint density at radius 3 is 2.48 bits per heavy atom. The fourth-order valence-electron chi connectivity index (χ4n) is 2.32. The van der Waals surface area contributed by atoms with Crippen molar-refractivity contribution in [2.75, 3.05) is 7.11 Å². The number of benzene rings is 1. The molecule has 0 saturated heterocycles. The van der Waals surface area contributed by atoms with Gasteiger partial charge in [0.1, 0.15) is 5.56 Å². The van der Waals surface area contributed by atoms with Crippen LogP contribution in [0.1, 0.15) is 37.9 Å². The third kappa shape index (κ3) is 3.35. The van der Waals surface area contributed by atoms with Crippen molar-refractivity contribution in [1.82, 2.24) is 9.97 Å². The first-order valence-corrected chi connectivity index (χ1v) is 7.56. The molecule has 0 atom stereocenters. The topological polar surface area (TPSA) is 91.5 Å². The molecular formula is C18H16N2O5. The van der Waals surface area contributed by atoms with E-state index in [9.17, 15) is 9.59 Å². The molecule has 25 heavy (non-hydrogen) atoms. The lowest BCUT2D eigenvalue weighted by Crippen LogP contribution is -2.08. The van der Waals surface area contributed by atoms with Crippen molar-refractivity contribution in [3.63, 3.8) is 0 Å². The summed E-state index contributed by atoms with van der Waals surface area (Å²) in [4.78, 5) is 32.7. The first-order valence-electron chi connectivity index (χ1n) is 7.56. The van der Waals surface area contributed by atoms with E-state index in [-0.39, 0.29) is 17.9 Å². The van der Waals surface area contributed by atoms with Crippen molar-refractivity contribution in [3.8, 4) is 0 Å². The number of fused-ring (bicyclic) bond motifs is 1. The Labute approximate surface area is 143 Å². The van der Waals surface area contributed by atoms with Gasteiger partial charge in [-0.25, -0.2) is 19.6 Å². The predicted octanol–water partition coefficient (Wildman–Crippen LogP) is 2.98. The second-order valence-corrected chi connectivity index (χ2v) is 5.42. The van der Waals surface area contributed by atoms with Gasteiger partial charge < -0.3 is 13.9 Å². The number of hydrogen-bond acceptors (Lipinski definition) is 7. The molecule has 2 aromatic heterocycles. The summed E-state index contributed by atoms with van der Waals surface area (Å²) in [5, 5.41) is 0. The molecule has 0 N–H and O–H groups in total. The summed E-state index contributed by atoms with van der Waals surface area (Å²) in [7, 11) is 1.27. The van der Waals surface area contributed by atoms with Crippen LogP contribution in [-0.4, -0.2) is 29.0 Å². The van der Waals surface area contributed by atoms with E-state index < -0.39 is 11.9 Å². The van der Waals surface area contributed by atoms with Gasteiger partial charge in [-0.05, 0) is 38.1 Å². The number of nitrogens with zero attached hydrogens (tertiary/aromatic N) is 2. The fourth-order valence-corrected chi connectivity index (χ4v) is 2.32. The van der Waals surface area contributed by atoms with Gasteiger partial charge in [0, 0.05) is 0 Å². The molecule has 7 nitrogen and oxygen atoms in total. The molecule has 2 heterocycles. The molecule has 0 aliphatic carbocycles. The molecule has 0 saturated carbocycles. The molecule has 0 aliphatic heterocycles. The predicted molar refractivity (Wildman–Crippen MR) is 88.2 cm³/mol. The fraction of sp³-hybridized carbons (Fsp3) is 0.222. The van der Waals surface area contributed by atoms with Crippen molar-refractivity contribution in [1.29, 1.82) is 0 Å². The van der Waals surface area contributed by atoms with E-state index in [1.807, 2.05) is 13.8 Å². The summed E-state index contributed by atoms with van der Waals surface area (Å²) in [6.07, 6.45) is 1.34. The van der Waals surface area contributed by atoms with Crippen LogP contribution in [0.2, 0.25) is 0 Å². The van der Waals surface area contributed by atoms with Crippen LogP contribution in [0.3, 0.4) is 0 Å². The van der Waals surface area contributed by atoms with E-state index >= 15 is 0 Å². The highest BCUT2D eigenvalue weighted by Crippen LogP contribution is 2.17. The number of carbonyl (C=O) groups excluding carboxylic acids is 2. The minimum Gasteiger partial charge on any atom is -0.465 e. The van der Waals surface area contributed by atoms with E-state index in [0.29, 0.717) is 16.6 Å². The van der Waals surface area contributed by atoms with Crippen LogP contribution in [0.25, 0.3) is 11.0 Å². The lowest BCUT2D eigenvalue weighted by Gasteiger charge is -2.06. The molecule has 0 aliphatic rings. The van der Waals surface area contributed by atoms with E-state index in [1.54, 1.807) is 18.2 Å². The smallest absolute Gasteiger partial charge is 0.341 e. The van der Waals surface area contributed by atoms with Gasteiger partial charge in [0.15, 0.2) is 12.4 Å². The van der Waals surface area contributed by atoms with Crippen molar-refractivity contribution < 1.29 is 23.5 Å². The molecular weight excluding hydrogens is 324 g/mol. The van der Waals surface area contributed by atoms with Crippen LogP contribution in [-0.2, 0) is 16.1 Å². The minimum absolute atomic E-state index is 0.174. The molecule has 0 radical (unpaired) electrons. The van der Waals surface area contributed by atoms with Crippen LogP contribution in [0.4, 0.5) is 0 Å². The van der Waals surface area contributed by atoms with Gasteiger partial charge >= 0.3 is 11.9 Å². The van der Waals surface area contributed by atoms with Crippen LogP contribution in [0, 0.1) is 13.8 Å². The highest BCUT2D eigenvalue weighted by Gasteiger charge is 2.17. The number of aryl methyl sites for hydroxylation is 2. The van der Waals surface area contributed by atoms with Crippen LogP contribution in [0.5, 0.6) is 0 Å². The Balaban J connectivity index is 1.78. The largest absolute Gasteiger partial charge is 0.465 e. The number of carbonyl (C=O) groups is 2. The number of methoxy groups -OCH3 is 1. The van der Waals surface area contributed by atoms with Gasteiger partial charge in [0.05, 0.1) is 41.4 Å². The molecule has 0 bridgehead atoms. The van der Waals surface area contributed by atoms with Crippen LogP contribution < -0.4 is 0 Å². The maximum absolute atomic E-state index is 12.3. The first-order chi connectivity index (χ1) is 12.0. The van der Waals surface area contributed by atoms with Crippen LogP contribution in [0.15, 0.2) is 34.9 Å². The summed E-state index contributed by atoms with van der Waals surface area (Å²) in [6, 6.07) is 6.43. The van der Waals surface area contributed by atoms with Gasteiger partial charge in [0.25, 0.3) is 0 Å².